The lowest BCUT2D eigenvalue weighted by Crippen LogP contribution is -2.48. The van der Waals surface area contributed by atoms with Crippen LogP contribution in [0.4, 0.5) is 11.4 Å². The predicted octanol–water partition coefficient (Wildman–Crippen LogP) is 1.80. The van der Waals surface area contributed by atoms with Gasteiger partial charge in [-0.1, -0.05) is 19.8 Å². The number of anilines is 2. The highest BCUT2D eigenvalue weighted by molar-refractivity contribution is 6.27. The van der Waals surface area contributed by atoms with E-state index in [4.69, 9.17) is 19.8 Å². The van der Waals surface area contributed by atoms with E-state index in [1.807, 2.05) is 12.1 Å². The summed E-state index contributed by atoms with van der Waals surface area (Å²) in [7, 11) is 0. The Balaban J connectivity index is 0.000000501. The summed E-state index contributed by atoms with van der Waals surface area (Å²) in [6, 6.07) is 8.35. The van der Waals surface area contributed by atoms with E-state index < -0.39 is 11.9 Å². The van der Waals surface area contributed by atoms with Crippen molar-refractivity contribution in [3.63, 3.8) is 0 Å². The van der Waals surface area contributed by atoms with Gasteiger partial charge in [0.2, 0.25) is 5.91 Å². The number of aliphatic carboxylic acids is 2. The maximum atomic E-state index is 12.3. The molecule has 2 heterocycles. The molecule has 0 radical (unpaired) electrons. The minimum atomic E-state index is -1.82. The lowest BCUT2D eigenvalue weighted by atomic mass is 10.2. The van der Waals surface area contributed by atoms with Gasteiger partial charge in [0, 0.05) is 50.6 Å². The Kier molecular flexibility index (Phi) is 10.3. The van der Waals surface area contributed by atoms with Gasteiger partial charge >= 0.3 is 11.9 Å². The summed E-state index contributed by atoms with van der Waals surface area (Å²) in [5.74, 6) is -3.56. The van der Waals surface area contributed by atoms with E-state index in [0.29, 0.717) is 6.54 Å². The van der Waals surface area contributed by atoms with Crippen LogP contribution in [0.1, 0.15) is 32.6 Å². The number of hydrogen-bond acceptors (Lipinski definition) is 6. The lowest BCUT2D eigenvalue weighted by Gasteiger charge is -2.33. The highest BCUT2D eigenvalue weighted by atomic mass is 16.4. The van der Waals surface area contributed by atoms with Crippen LogP contribution in [0.2, 0.25) is 0 Å². The molecule has 31 heavy (non-hydrogen) atoms. The average Bonchev–Trinajstić information content (AvgIpc) is 3.05. The Labute approximate surface area is 183 Å². The fraction of sp³-hybridized carbons (Fsp3) is 0.591. The number of carbonyl (C=O) groups excluding carboxylic acids is 1. The van der Waals surface area contributed by atoms with E-state index in [9.17, 15) is 4.79 Å². The van der Waals surface area contributed by atoms with E-state index in [-0.39, 0.29) is 5.91 Å². The minimum Gasteiger partial charge on any atom is -0.473 e. The summed E-state index contributed by atoms with van der Waals surface area (Å²) in [5.41, 5.74) is 2.17. The number of amides is 1. The van der Waals surface area contributed by atoms with E-state index in [2.05, 4.69) is 39.1 Å². The third kappa shape index (κ3) is 8.94. The molecule has 3 rings (SSSR count). The van der Waals surface area contributed by atoms with E-state index in [0.717, 1.165) is 51.5 Å². The Morgan fingerprint density at radius 3 is 1.81 bits per heavy atom. The molecule has 0 atom stereocenters. The van der Waals surface area contributed by atoms with Crippen LogP contribution in [-0.2, 0) is 14.4 Å². The van der Waals surface area contributed by atoms with Crippen LogP contribution in [0.15, 0.2) is 24.3 Å². The second-order valence-electron chi connectivity index (χ2n) is 7.82. The molecule has 2 aliphatic heterocycles. The summed E-state index contributed by atoms with van der Waals surface area (Å²) in [5, 5.41) is 17.8. The molecule has 0 aromatic heterocycles. The predicted molar refractivity (Wildman–Crippen MR) is 120 cm³/mol. The monoisotopic (exact) mass is 434 g/mol. The number of benzene rings is 1. The van der Waals surface area contributed by atoms with Gasteiger partial charge in [-0.25, -0.2) is 9.59 Å². The highest BCUT2D eigenvalue weighted by Crippen LogP contribution is 2.21. The Bertz CT molecular complexity index is 697. The van der Waals surface area contributed by atoms with Crippen molar-refractivity contribution in [1.29, 1.82) is 0 Å². The number of carbonyl (C=O) groups is 3. The summed E-state index contributed by atoms with van der Waals surface area (Å²) in [4.78, 5) is 37.6. The fourth-order valence-electron chi connectivity index (χ4n) is 3.75. The van der Waals surface area contributed by atoms with Crippen molar-refractivity contribution < 1.29 is 24.6 Å². The number of carboxylic acids is 2. The number of likely N-dealkylation sites (N-methyl/N-ethyl adjacent to an activating group) is 1. The van der Waals surface area contributed by atoms with Gasteiger partial charge in [-0.15, -0.1) is 0 Å². The molecule has 1 amide bonds. The quantitative estimate of drug-likeness (QED) is 0.601. The Morgan fingerprint density at radius 1 is 0.806 bits per heavy atom. The number of piperazine rings is 1. The van der Waals surface area contributed by atoms with Gasteiger partial charge in [-0.05, 0) is 43.7 Å². The molecule has 0 unspecified atom stereocenters. The summed E-state index contributed by atoms with van der Waals surface area (Å²) >= 11 is 0. The maximum Gasteiger partial charge on any atom is 0.414 e. The zero-order chi connectivity index (χ0) is 22.6. The normalized spacial score (nSPS) is 17.8. The lowest BCUT2D eigenvalue weighted by molar-refractivity contribution is -0.159. The van der Waals surface area contributed by atoms with Crippen molar-refractivity contribution in [1.82, 2.24) is 9.80 Å². The van der Waals surface area contributed by atoms with Gasteiger partial charge < -0.3 is 25.3 Å². The molecule has 9 nitrogen and oxygen atoms in total. The molecule has 9 heteroatoms. The van der Waals surface area contributed by atoms with Crippen LogP contribution in [0, 0.1) is 0 Å². The summed E-state index contributed by atoms with van der Waals surface area (Å²) < 4.78 is 0. The van der Waals surface area contributed by atoms with Crippen LogP contribution in [-0.4, -0.2) is 90.2 Å². The third-order valence-corrected chi connectivity index (χ3v) is 5.58. The smallest absolute Gasteiger partial charge is 0.414 e. The zero-order valence-electron chi connectivity index (χ0n) is 18.3. The minimum absolute atomic E-state index is 0.0903. The molecule has 2 aliphatic rings. The van der Waals surface area contributed by atoms with Crippen LogP contribution in [0.3, 0.4) is 0 Å². The SMILES string of the molecule is CCN1CCN(CC(=O)Nc2ccc(N3CCCCCC3)cc2)CC1.O=C(O)C(=O)O. The van der Waals surface area contributed by atoms with Gasteiger partial charge in [-0.2, -0.15) is 0 Å². The number of hydrogen-bond donors (Lipinski definition) is 3. The molecule has 2 fully saturated rings. The average molecular weight is 435 g/mol. The molecule has 172 valence electrons. The van der Waals surface area contributed by atoms with Crippen LogP contribution >= 0.6 is 0 Å². The first-order valence-electron chi connectivity index (χ1n) is 10.9. The van der Waals surface area contributed by atoms with Crippen LogP contribution in [0.5, 0.6) is 0 Å². The number of nitrogens with zero attached hydrogens (tertiary/aromatic N) is 3. The standard InChI is InChI=1S/C20H32N4O.C2H2O4/c1-2-22-13-15-23(16-14-22)17-20(25)21-18-7-9-19(10-8-18)24-11-5-3-4-6-12-24;3-1(4)2(5)6/h7-10H,2-6,11-17H2,1H3,(H,21,25);(H,3,4)(H,5,6). The van der Waals surface area contributed by atoms with E-state index >= 15 is 0 Å². The second kappa shape index (κ2) is 12.9. The molecule has 3 N–H and O–H groups in total. The van der Waals surface area contributed by atoms with Gasteiger partial charge in [0.25, 0.3) is 0 Å². The van der Waals surface area contributed by atoms with Crippen LogP contribution < -0.4 is 10.2 Å². The van der Waals surface area contributed by atoms with Crippen molar-refractivity contribution in [2.24, 2.45) is 0 Å². The van der Waals surface area contributed by atoms with Crippen molar-refractivity contribution in [3.05, 3.63) is 24.3 Å². The molecule has 0 bridgehead atoms. The summed E-state index contributed by atoms with van der Waals surface area (Å²) in [6.45, 7) is 10.2. The number of carboxylic acid groups (broad SMARTS) is 2. The number of nitrogens with one attached hydrogen (secondary N) is 1. The highest BCUT2D eigenvalue weighted by Gasteiger charge is 2.18. The van der Waals surface area contributed by atoms with E-state index in [1.54, 1.807) is 0 Å². The Hall–Kier alpha value is -2.65. The first-order chi connectivity index (χ1) is 14.9. The molecule has 0 spiro atoms. The van der Waals surface area contributed by atoms with Crippen molar-refractivity contribution >= 4 is 29.2 Å². The van der Waals surface area contributed by atoms with Gasteiger partial charge in [-0.3, -0.25) is 9.69 Å². The van der Waals surface area contributed by atoms with Crippen LogP contribution in [0.25, 0.3) is 0 Å². The zero-order valence-corrected chi connectivity index (χ0v) is 18.3. The van der Waals surface area contributed by atoms with E-state index in [1.165, 1.54) is 31.4 Å². The molecular formula is C22H34N4O5. The first kappa shape index (κ1) is 24.6. The third-order valence-electron chi connectivity index (χ3n) is 5.58. The second-order valence-corrected chi connectivity index (χ2v) is 7.82. The van der Waals surface area contributed by atoms with Crippen molar-refractivity contribution in [2.45, 2.75) is 32.6 Å². The van der Waals surface area contributed by atoms with Gasteiger partial charge in [0.1, 0.15) is 0 Å². The topological polar surface area (TPSA) is 113 Å². The number of rotatable bonds is 5. The Morgan fingerprint density at radius 2 is 1.32 bits per heavy atom. The first-order valence-corrected chi connectivity index (χ1v) is 10.9. The maximum absolute atomic E-state index is 12.3. The van der Waals surface area contributed by atoms with Gasteiger partial charge in [0.15, 0.2) is 0 Å². The molecule has 2 saturated heterocycles. The van der Waals surface area contributed by atoms with Gasteiger partial charge in [0.05, 0.1) is 6.54 Å². The summed E-state index contributed by atoms with van der Waals surface area (Å²) in [6.07, 6.45) is 5.25. The largest absolute Gasteiger partial charge is 0.473 e. The molecule has 0 aliphatic carbocycles. The molecule has 0 saturated carbocycles. The molecule has 1 aromatic rings. The van der Waals surface area contributed by atoms with Crippen molar-refractivity contribution in [3.8, 4) is 0 Å². The fourth-order valence-corrected chi connectivity index (χ4v) is 3.75. The molecular weight excluding hydrogens is 400 g/mol. The molecule has 1 aromatic carbocycles. The van der Waals surface area contributed by atoms with Crippen molar-refractivity contribution in [2.75, 3.05) is 62.6 Å².